The predicted molar refractivity (Wildman–Crippen MR) is 99.8 cm³/mol. The summed E-state index contributed by atoms with van der Waals surface area (Å²) < 4.78 is 0.557. The van der Waals surface area contributed by atoms with Crippen molar-refractivity contribution in [3.8, 4) is 0 Å². The van der Waals surface area contributed by atoms with Crippen LogP contribution in [0, 0.1) is 16.0 Å². The maximum Gasteiger partial charge on any atom is 0.283 e. The van der Waals surface area contributed by atoms with Crippen LogP contribution in [0.5, 0.6) is 0 Å². The molecule has 0 radical (unpaired) electrons. The molecule has 1 aliphatic heterocycles. The Morgan fingerprint density at radius 1 is 1.30 bits per heavy atom. The maximum absolute atomic E-state index is 11.2. The summed E-state index contributed by atoms with van der Waals surface area (Å²) in [7, 11) is 0. The minimum Gasteiger partial charge on any atom is -0.314 e. The summed E-state index contributed by atoms with van der Waals surface area (Å²) in [5, 5.41) is 14.5. The Kier molecular flexibility index (Phi) is 8.24. The highest BCUT2D eigenvalue weighted by Crippen LogP contribution is 2.41. The van der Waals surface area contributed by atoms with E-state index in [0.29, 0.717) is 10.5 Å². The van der Waals surface area contributed by atoms with E-state index in [1.165, 1.54) is 12.8 Å². The molecule has 0 unspecified atom stereocenters. The van der Waals surface area contributed by atoms with E-state index in [1.54, 1.807) is 6.07 Å². The third-order valence-electron chi connectivity index (χ3n) is 4.40. The first-order valence-electron chi connectivity index (χ1n) is 7.54. The van der Waals surface area contributed by atoms with Crippen LogP contribution in [0.25, 0.3) is 0 Å². The Hall–Kier alpha value is -0.400. The van der Waals surface area contributed by atoms with E-state index >= 15 is 0 Å². The molecule has 3 rings (SSSR count). The van der Waals surface area contributed by atoms with Crippen molar-refractivity contribution in [2.45, 2.75) is 25.3 Å². The standard InChI is InChI=1S/C15H20BrN3O2.2ClH/c16-13-4-3-12(10-15(13)19(20)21)14(9-11-1-2-11)18-7-5-17-6-8-18;;/h3-4,10-11,14,17H,1-2,5-9H2;2*1H/t14-;;/m1../s1. The molecule has 1 N–H and O–H groups in total. The lowest BCUT2D eigenvalue weighted by molar-refractivity contribution is -0.385. The van der Waals surface area contributed by atoms with E-state index in [9.17, 15) is 10.1 Å². The summed E-state index contributed by atoms with van der Waals surface area (Å²) in [6.07, 6.45) is 3.74. The molecule has 23 heavy (non-hydrogen) atoms. The van der Waals surface area contributed by atoms with Crippen LogP contribution in [-0.4, -0.2) is 36.0 Å². The summed E-state index contributed by atoms with van der Waals surface area (Å²) in [6.45, 7) is 4.03. The fourth-order valence-electron chi connectivity index (χ4n) is 3.04. The van der Waals surface area contributed by atoms with Crippen molar-refractivity contribution >= 4 is 46.4 Å². The van der Waals surface area contributed by atoms with Gasteiger partial charge in [-0.2, -0.15) is 0 Å². The maximum atomic E-state index is 11.2. The van der Waals surface area contributed by atoms with Crippen molar-refractivity contribution in [2.75, 3.05) is 26.2 Å². The Labute approximate surface area is 157 Å². The smallest absolute Gasteiger partial charge is 0.283 e. The molecule has 130 valence electrons. The van der Waals surface area contributed by atoms with E-state index in [4.69, 9.17) is 0 Å². The molecule has 1 atom stereocenters. The van der Waals surface area contributed by atoms with Crippen LogP contribution in [0.1, 0.15) is 30.9 Å². The molecule has 0 amide bonds. The third-order valence-corrected chi connectivity index (χ3v) is 5.07. The molecule has 0 spiro atoms. The van der Waals surface area contributed by atoms with E-state index in [1.807, 2.05) is 12.1 Å². The van der Waals surface area contributed by atoms with Crippen molar-refractivity contribution in [3.63, 3.8) is 0 Å². The largest absolute Gasteiger partial charge is 0.314 e. The minimum absolute atomic E-state index is 0. The molecule has 8 heteroatoms. The van der Waals surface area contributed by atoms with E-state index < -0.39 is 0 Å². The van der Waals surface area contributed by atoms with Gasteiger partial charge < -0.3 is 5.32 Å². The first-order valence-corrected chi connectivity index (χ1v) is 8.33. The third kappa shape index (κ3) is 5.29. The molecular weight excluding hydrogens is 405 g/mol. The normalized spacial score (nSPS) is 19.3. The van der Waals surface area contributed by atoms with E-state index in [2.05, 4.69) is 26.1 Å². The zero-order valence-electron chi connectivity index (χ0n) is 12.7. The number of nitrogens with one attached hydrogen (secondary N) is 1. The van der Waals surface area contributed by atoms with Gasteiger partial charge in [-0.05, 0) is 39.9 Å². The number of nitro groups is 1. The Bertz CT molecular complexity index is 537. The number of nitrogens with zero attached hydrogens (tertiary/aromatic N) is 2. The lowest BCUT2D eigenvalue weighted by Gasteiger charge is -2.35. The summed E-state index contributed by atoms with van der Waals surface area (Å²) in [5.41, 5.74) is 1.25. The number of nitro benzene ring substituents is 1. The molecule has 5 nitrogen and oxygen atoms in total. The molecule has 0 bridgehead atoms. The second-order valence-electron chi connectivity index (χ2n) is 5.95. The zero-order valence-corrected chi connectivity index (χ0v) is 16.0. The number of benzene rings is 1. The summed E-state index contributed by atoms with van der Waals surface area (Å²) in [6, 6.07) is 5.91. The molecular formula is C15H22BrCl2N3O2. The van der Waals surface area contributed by atoms with Gasteiger partial charge in [-0.15, -0.1) is 24.8 Å². The van der Waals surface area contributed by atoms with Gasteiger partial charge in [-0.3, -0.25) is 15.0 Å². The highest BCUT2D eigenvalue weighted by Gasteiger charge is 2.31. The first-order chi connectivity index (χ1) is 10.1. The van der Waals surface area contributed by atoms with Gasteiger partial charge in [0, 0.05) is 38.3 Å². The highest BCUT2D eigenvalue weighted by atomic mass is 79.9. The Balaban J connectivity index is 0.00000132. The zero-order chi connectivity index (χ0) is 14.8. The summed E-state index contributed by atoms with van der Waals surface area (Å²) in [4.78, 5) is 13.3. The van der Waals surface area contributed by atoms with Crippen LogP contribution in [0.2, 0.25) is 0 Å². The number of halogens is 3. The van der Waals surface area contributed by atoms with Gasteiger partial charge in [-0.1, -0.05) is 18.9 Å². The van der Waals surface area contributed by atoms with E-state index in [-0.39, 0.29) is 35.4 Å². The highest BCUT2D eigenvalue weighted by molar-refractivity contribution is 9.10. The molecule has 2 aliphatic rings. The lowest BCUT2D eigenvalue weighted by atomic mass is 9.98. The van der Waals surface area contributed by atoms with Crippen molar-refractivity contribution in [3.05, 3.63) is 38.3 Å². The van der Waals surface area contributed by atoms with Crippen LogP contribution >= 0.6 is 40.7 Å². The van der Waals surface area contributed by atoms with Gasteiger partial charge in [0.1, 0.15) is 0 Å². The monoisotopic (exact) mass is 425 g/mol. The van der Waals surface area contributed by atoms with Gasteiger partial charge in [0.2, 0.25) is 0 Å². The molecule has 1 aliphatic carbocycles. The fourth-order valence-corrected chi connectivity index (χ4v) is 3.43. The molecule has 1 aromatic rings. The van der Waals surface area contributed by atoms with Gasteiger partial charge in [0.25, 0.3) is 5.69 Å². The Morgan fingerprint density at radius 3 is 2.52 bits per heavy atom. The Morgan fingerprint density at radius 2 is 1.96 bits per heavy atom. The van der Waals surface area contributed by atoms with Crippen molar-refractivity contribution < 1.29 is 4.92 Å². The van der Waals surface area contributed by atoms with Gasteiger partial charge >= 0.3 is 0 Å². The van der Waals surface area contributed by atoms with Crippen LogP contribution in [0.4, 0.5) is 5.69 Å². The van der Waals surface area contributed by atoms with Crippen LogP contribution in [-0.2, 0) is 0 Å². The SMILES string of the molecule is Cl.Cl.O=[N+]([O-])c1cc([C@@H](CC2CC2)N2CCNCC2)ccc1Br. The van der Waals surface area contributed by atoms with Crippen molar-refractivity contribution in [1.29, 1.82) is 0 Å². The average molecular weight is 427 g/mol. The molecule has 2 fully saturated rings. The summed E-state index contributed by atoms with van der Waals surface area (Å²) >= 11 is 3.27. The molecule has 1 aromatic carbocycles. The van der Waals surface area contributed by atoms with Gasteiger partial charge in [0.15, 0.2) is 0 Å². The van der Waals surface area contributed by atoms with Crippen molar-refractivity contribution in [1.82, 2.24) is 10.2 Å². The second-order valence-corrected chi connectivity index (χ2v) is 6.80. The molecule has 1 saturated carbocycles. The van der Waals surface area contributed by atoms with Crippen LogP contribution in [0.3, 0.4) is 0 Å². The van der Waals surface area contributed by atoms with Crippen LogP contribution in [0.15, 0.2) is 22.7 Å². The van der Waals surface area contributed by atoms with Gasteiger partial charge in [-0.25, -0.2) is 0 Å². The molecule has 1 heterocycles. The summed E-state index contributed by atoms with van der Waals surface area (Å²) in [5.74, 6) is 0.799. The minimum atomic E-state index is -0.306. The molecule has 0 aromatic heterocycles. The fraction of sp³-hybridized carbons (Fsp3) is 0.600. The molecule has 1 saturated heterocycles. The first kappa shape index (κ1) is 20.6. The number of rotatable bonds is 5. The number of hydrogen-bond acceptors (Lipinski definition) is 4. The van der Waals surface area contributed by atoms with Crippen LogP contribution < -0.4 is 5.32 Å². The quantitative estimate of drug-likeness (QED) is 0.572. The lowest BCUT2D eigenvalue weighted by Crippen LogP contribution is -2.45. The topological polar surface area (TPSA) is 58.4 Å². The predicted octanol–water partition coefficient (Wildman–Crippen LogP) is 3.95. The van der Waals surface area contributed by atoms with Crippen molar-refractivity contribution in [2.24, 2.45) is 5.92 Å². The number of piperazine rings is 1. The van der Waals surface area contributed by atoms with Gasteiger partial charge in [0.05, 0.1) is 9.40 Å². The number of hydrogen-bond donors (Lipinski definition) is 1. The van der Waals surface area contributed by atoms with E-state index in [0.717, 1.165) is 44.1 Å². The average Bonchev–Trinajstić information content (AvgIpc) is 3.30. The second kappa shape index (κ2) is 9.18.